The summed E-state index contributed by atoms with van der Waals surface area (Å²) in [5, 5.41) is 3.87. The number of rotatable bonds is 3. The molecule has 0 amide bonds. The van der Waals surface area contributed by atoms with Crippen molar-refractivity contribution in [2.45, 2.75) is 45.4 Å². The molecule has 1 aromatic rings. The second kappa shape index (κ2) is 4.91. The molecule has 0 aromatic heterocycles. The van der Waals surface area contributed by atoms with Crippen molar-refractivity contribution in [2.75, 3.05) is 7.11 Å². The zero-order valence-corrected chi connectivity index (χ0v) is 11.7. The molecule has 2 nitrogen and oxygen atoms in total. The van der Waals surface area contributed by atoms with Gasteiger partial charge in [0.25, 0.3) is 0 Å². The first kappa shape index (κ1) is 13.8. The maximum Gasteiger partial charge on any atom is 0.106 e. The van der Waals surface area contributed by atoms with Gasteiger partial charge < -0.3 is 4.84 Å². The van der Waals surface area contributed by atoms with Crippen molar-refractivity contribution in [3.63, 3.8) is 0 Å². The fourth-order valence-electron chi connectivity index (χ4n) is 1.66. The normalized spacial score (nSPS) is 13.1. The lowest BCUT2D eigenvalue weighted by molar-refractivity contribution is 0.213. The topological polar surface area (TPSA) is 21.6 Å². The number of hydrogen-bond donors (Lipinski definition) is 0. The van der Waals surface area contributed by atoms with Crippen LogP contribution >= 0.6 is 0 Å². The molecule has 17 heavy (non-hydrogen) atoms. The van der Waals surface area contributed by atoms with Gasteiger partial charge in [-0.2, -0.15) is 0 Å². The third kappa shape index (κ3) is 3.58. The molecular weight excluding hydrogens is 210 g/mol. The molecular formula is C15H23NO. The quantitative estimate of drug-likeness (QED) is 0.573. The van der Waals surface area contributed by atoms with E-state index in [4.69, 9.17) is 4.84 Å². The van der Waals surface area contributed by atoms with E-state index < -0.39 is 0 Å². The highest BCUT2D eigenvalue weighted by molar-refractivity contribution is 5.71. The highest BCUT2D eigenvalue weighted by atomic mass is 16.6. The second-order valence-corrected chi connectivity index (χ2v) is 5.97. The van der Waals surface area contributed by atoms with E-state index in [1.165, 1.54) is 11.1 Å². The van der Waals surface area contributed by atoms with Crippen LogP contribution in [0.3, 0.4) is 0 Å². The minimum Gasteiger partial charge on any atom is -0.399 e. The summed E-state index contributed by atoms with van der Waals surface area (Å²) in [7, 11) is 1.56. The summed E-state index contributed by atoms with van der Waals surface area (Å²) in [6, 6.07) is 8.72. The van der Waals surface area contributed by atoms with Gasteiger partial charge in [-0.05, 0) is 16.5 Å². The first-order valence-corrected chi connectivity index (χ1v) is 5.96. The third-order valence-corrected chi connectivity index (χ3v) is 2.98. The van der Waals surface area contributed by atoms with Crippen molar-refractivity contribution in [3.8, 4) is 0 Å². The molecule has 2 heteroatoms. The lowest BCUT2D eigenvalue weighted by atomic mass is 9.82. The number of hydrogen-bond acceptors (Lipinski definition) is 2. The molecule has 0 aliphatic rings. The first-order valence-electron chi connectivity index (χ1n) is 5.96. The van der Waals surface area contributed by atoms with E-state index in [0.717, 1.165) is 0 Å². The summed E-state index contributed by atoms with van der Waals surface area (Å²) in [5.41, 5.74) is 2.68. The Morgan fingerprint density at radius 2 is 1.41 bits per heavy atom. The smallest absolute Gasteiger partial charge is 0.106 e. The summed E-state index contributed by atoms with van der Waals surface area (Å²) in [4.78, 5) is 4.75. The molecule has 0 atom stereocenters. The fraction of sp³-hybridized carbons (Fsp3) is 0.533. The van der Waals surface area contributed by atoms with Gasteiger partial charge in [-0.25, -0.2) is 0 Å². The minimum atomic E-state index is -0.105. The molecule has 1 rings (SSSR count). The number of benzene rings is 1. The molecule has 0 unspecified atom stereocenters. The summed E-state index contributed by atoms with van der Waals surface area (Å²) < 4.78 is 0. The average Bonchev–Trinajstić information content (AvgIpc) is 2.25. The van der Waals surface area contributed by atoms with Crippen molar-refractivity contribution in [1.29, 1.82) is 0 Å². The Morgan fingerprint density at radius 3 is 1.82 bits per heavy atom. The summed E-state index contributed by atoms with van der Waals surface area (Å²) >= 11 is 0. The Balaban J connectivity index is 2.98. The summed E-state index contributed by atoms with van der Waals surface area (Å²) in [6.07, 6.45) is 1.83. The van der Waals surface area contributed by atoms with Crippen molar-refractivity contribution in [3.05, 3.63) is 35.4 Å². The van der Waals surface area contributed by atoms with Gasteiger partial charge in [0.1, 0.15) is 7.11 Å². The van der Waals surface area contributed by atoms with Gasteiger partial charge in [0.2, 0.25) is 0 Å². The Bertz CT molecular complexity index is 382. The molecule has 0 saturated heterocycles. The van der Waals surface area contributed by atoms with E-state index in [9.17, 15) is 0 Å². The average molecular weight is 233 g/mol. The predicted molar refractivity (Wildman–Crippen MR) is 73.7 cm³/mol. The van der Waals surface area contributed by atoms with E-state index in [1.54, 1.807) is 7.11 Å². The molecule has 0 radical (unpaired) electrons. The van der Waals surface area contributed by atoms with Crippen LogP contribution < -0.4 is 0 Å². The SMILES string of the molecule is CON=CC(C)(C)c1ccc(C(C)(C)C)cc1. The van der Waals surface area contributed by atoms with Gasteiger partial charge in [0.15, 0.2) is 0 Å². The zero-order valence-electron chi connectivity index (χ0n) is 11.7. The molecule has 0 aliphatic carbocycles. The largest absolute Gasteiger partial charge is 0.399 e. The van der Waals surface area contributed by atoms with Crippen LogP contribution in [0.15, 0.2) is 29.4 Å². The van der Waals surface area contributed by atoms with E-state index in [0.29, 0.717) is 0 Å². The van der Waals surface area contributed by atoms with Crippen LogP contribution in [-0.2, 0) is 15.7 Å². The van der Waals surface area contributed by atoms with Gasteiger partial charge >= 0.3 is 0 Å². The standard InChI is InChI=1S/C15H23NO/c1-14(2,3)12-7-9-13(10-8-12)15(4,5)11-16-17-6/h7-11H,1-6H3. The lowest BCUT2D eigenvalue weighted by Crippen LogP contribution is -2.19. The van der Waals surface area contributed by atoms with Gasteiger partial charge in [0.05, 0.1) is 6.21 Å². The van der Waals surface area contributed by atoms with Crippen LogP contribution in [0.5, 0.6) is 0 Å². The molecule has 0 N–H and O–H groups in total. The molecule has 1 aromatic carbocycles. The Hall–Kier alpha value is -1.31. The van der Waals surface area contributed by atoms with E-state index in [1.807, 2.05) is 6.21 Å². The number of nitrogens with zero attached hydrogens (tertiary/aromatic N) is 1. The monoisotopic (exact) mass is 233 g/mol. The highest BCUT2D eigenvalue weighted by Gasteiger charge is 2.20. The lowest BCUT2D eigenvalue weighted by Gasteiger charge is -2.23. The Labute approximate surface area is 105 Å². The van der Waals surface area contributed by atoms with Crippen LogP contribution in [0.4, 0.5) is 0 Å². The summed E-state index contributed by atoms with van der Waals surface area (Å²) in [5.74, 6) is 0. The maximum absolute atomic E-state index is 4.75. The number of oxime groups is 1. The molecule has 0 heterocycles. The van der Waals surface area contributed by atoms with E-state index in [2.05, 4.69) is 64.0 Å². The highest BCUT2D eigenvalue weighted by Crippen LogP contribution is 2.26. The summed E-state index contributed by atoms with van der Waals surface area (Å²) in [6.45, 7) is 10.9. The minimum absolute atomic E-state index is 0.105. The van der Waals surface area contributed by atoms with Crippen LogP contribution in [0.25, 0.3) is 0 Å². The molecule has 0 spiro atoms. The van der Waals surface area contributed by atoms with Gasteiger partial charge in [-0.1, -0.05) is 64.0 Å². The molecule has 94 valence electrons. The first-order chi connectivity index (χ1) is 7.77. The molecule has 0 fully saturated rings. The van der Waals surface area contributed by atoms with Crippen LogP contribution in [-0.4, -0.2) is 13.3 Å². The Morgan fingerprint density at radius 1 is 0.941 bits per heavy atom. The van der Waals surface area contributed by atoms with Crippen LogP contribution in [0.2, 0.25) is 0 Å². The van der Waals surface area contributed by atoms with Crippen LogP contribution in [0.1, 0.15) is 45.7 Å². The van der Waals surface area contributed by atoms with Crippen molar-refractivity contribution >= 4 is 6.21 Å². The van der Waals surface area contributed by atoms with Crippen LogP contribution in [0, 0.1) is 0 Å². The van der Waals surface area contributed by atoms with Crippen molar-refractivity contribution in [1.82, 2.24) is 0 Å². The third-order valence-electron chi connectivity index (χ3n) is 2.98. The fourth-order valence-corrected chi connectivity index (χ4v) is 1.66. The van der Waals surface area contributed by atoms with Crippen molar-refractivity contribution < 1.29 is 4.84 Å². The Kier molecular flexibility index (Phi) is 3.97. The van der Waals surface area contributed by atoms with E-state index in [-0.39, 0.29) is 10.8 Å². The molecule has 0 saturated carbocycles. The van der Waals surface area contributed by atoms with Gasteiger partial charge in [-0.15, -0.1) is 0 Å². The zero-order chi connectivity index (χ0) is 13.1. The van der Waals surface area contributed by atoms with Gasteiger partial charge in [-0.3, -0.25) is 0 Å². The van der Waals surface area contributed by atoms with Gasteiger partial charge in [0, 0.05) is 5.41 Å². The van der Waals surface area contributed by atoms with Crippen molar-refractivity contribution in [2.24, 2.45) is 5.16 Å². The molecule has 0 aliphatic heterocycles. The predicted octanol–water partition coefficient (Wildman–Crippen LogP) is 3.89. The second-order valence-electron chi connectivity index (χ2n) is 5.97. The maximum atomic E-state index is 4.75. The molecule has 0 bridgehead atoms. The van der Waals surface area contributed by atoms with E-state index >= 15 is 0 Å².